The molecule has 2 aromatic rings. The zero-order valence-electron chi connectivity index (χ0n) is 12.8. The minimum atomic E-state index is -4.75. The lowest BCUT2D eigenvalue weighted by Crippen LogP contribution is -2.26. The Morgan fingerprint density at radius 2 is 2.04 bits per heavy atom. The molecule has 128 valence electrons. The molecule has 6 nitrogen and oxygen atoms in total. The number of ether oxygens (including phenoxy) is 1. The Balaban J connectivity index is 1.73. The van der Waals surface area contributed by atoms with Gasteiger partial charge in [-0.05, 0) is 24.3 Å². The van der Waals surface area contributed by atoms with Gasteiger partial charge in [-0.1, -0.05) is 0 Å². The molecular formula is C15H15F3N4O2. The van der Waals surface area contributed by atoms with Gasteiger partial charge in [-0.25, -0.2) is 0 Å². The predicted octanol–water partition coefficient (Wildman–Crippen LogP) is 2.22. The quantitative estimate of drug-likeness (QED) is 0.899. The number of hydrogen-bond acceptors (Lipinski definition) is 4. The number of rotatable bonds is 3. The standard InChI is InChI=1S/C15H15F3N4O2/c1-22-12-6-7-19-8-11(12)13(21-22)14(23)20-9-2-4-10(5-3-9)24-15(16,17)18/h2-5,19H,6-8H2,1H3,(H,20,23). The molecule has 9 heteroatoms. The molecule has 1 aliphatic rings. The first-order valence-corrected chi connectivity index (χ1v) is 7.26. The van der Waals surface area contributed by atoms with Crippen molar-refractivity contribution in [1.82, 2.24) is 15.1 Å². The number of aromatic nitrogens is 2. The number of alkyl halides is 3. The number of hydrogen-bond donors (Lipinski definition) is 2. The summed E-state index contributed by atoms with van der Waals surface area (Å²) >= 11 is 0. The van der Waals surface area contributed by atoms with Crippen LogP contribution in [0.4, 0.5) is 18.9 Å². The van der Waals surface area contributed by atoms with Crippen molar-refractivity contribution in [2.75, 3.05) is 11.9 Å². The van der Waals surface area contributed by atoms with Crippen LogP contribution >= 0.6 is 0 Å². The van der Waals surface area contributed by atoms with Crippen LogP contribution in [0.3, 0.4) is 0 Å². The highest BCUT2D eigenvalue weighted by Crippen LogP contribution is 2.24. The maximum Gasteiger partial charge on any atom is 0.573 e. The lowest BCUT2D eigenvalue weighted by Gasteiger charge is -2.14. The summed E-state index contributed by atoms with van der Waals surface area (Å²) < 4.78 is 41.9. The van der Waals surface area contributed by atoms with Crippen LogP contribution in [0.2, 0.25) is 0 Å². The van der Waals surface area contributed by atoms with E-state index in [1.165, 1.54) is 12.1 Å². The van der Waals surface area contributed by atoms with Gasteiger partial charge in [0.1, 0.15) is 5.75 Å². The van der Waals surface area contributed by atoms with Gasteiger partial charge in [0.2, 0.25) is 0 Å². The molecule has 0 bridgehead atoms. The van der Waals surface area contributed by atoms with Gasteiger partial charge in [-0.3, -0.25) is 9.48 Å². The molecule has 1 aliphatic heterocycles. The van der Waals surface area contributed by atoms with Crippen LogP contribution in [0, 0.1) is 0 Å². The van der Waals surface area contributed by atoms with Gasteiger partial charge in [-0.2, -0.15) is 5.10 Å². The Labute approximate surface area is 135 Å². The Hall–Kier alpha value is -2.55. The van der Waals surface area contributed by atoms with E-state index in [4.69, 9.17) is 0 Å². The summed E-state index contributed by atoms with van der Waals surface area (Å²) in [7, 11) is 1.78. The van der Waals surface area contributed by atoms with E-state index in [1.807, 2.05) is 0 Å². The number of anilines is 1. The average Bonchev–Trinajstić information content (AvgIpc) is 2.86. The van der Waals surface area contributed by atoms with E-state index in [-0.39, 0.29) is 5.75 Å². The lowest BCUT2D eigenvalue weighted by atomic mass is 10.1. The van der Waals surface area contributed by atoms with Gasteiger partial charge >= 0.3 is 6.36 Å². The SMILES string of the molecule is Cn1nc(C(=O)Nc2ccc(OC(F)(F)F)cc2)c2c1CCNC2. The number of fused-ring (bicyclic) bond motifs is 1. The van der Waals surface area contributed by atoms with E-state index in [0.29, 0.717) is 17.9 Å². The van der Waals surface area contributed by atoms with Gasteiger partial charge < -0.3 is 15.4 Å². The highest BCUT2D eigenvalue weighted by atomic mass is 19.4. The highest BCUT2D eigenvalue weighted by Gasteiger charge is 2.31. The molecular weight excluding hydrogens is 325 g/mol. The molecule has 0 atom stereocenters. The normalized spacial score (nSPS) is 14.2. The fraction of sp³-hybridized carbons (Fsp3) is 0.333. The minimum Gasteiger partial charge on any atom is -0.406 e. The Morgan fingerprint density at radius 3 is 2.71 bits per heavy atom. The van der Waals surface area contributed by atoms with Crippen LogP contribution in [-0.4, -0.2) is 28.6 Å². The van der Waals surface area contributed by atoms with Gasteiger partial charge in [0.05, 0.1) is 0 Å². The fourth-order valence-electron chi connectivity index (χ4n) is 2.63. The molecule has 1 aromatic heterocycles. The number of carbonyl (C=O) groups excluding carboxylic acids is 1. The van der Waals surface area contributed by atoms with Crippen molar-refractivity contribution in [2.45, 2.75) is 19.3 Å². The first-order chi connectivity index (χ1) is 11.3. The third-order valence-electron chi connectivity index (χ3n) is 3.68. The van der Waals surface area contributed by atoms with Crippen molar-refractivity contribution >= 4 is 11.6 Å². The Morgan fingerprint density at radius 1 is 1.33 bits per heavy atom. The molecule has 0 saturated carbocycles. The number of nitrogens with one attached hydrogen (secondary N) is 2. The zero-order valence-corrected chi connectivity index (χ0v) is 12.8. The van der Waals surface area contributed by atoms with Gasteiger partial charge in [0, 0.05) is 43.5 Å². The molecule has 0 radical (unpaired) electrons. The molecule has 1 aromatic carbocycles. The molecule has 0 fully saturated rings. The van der Waals surface area contributed by atoms with Crippen LogP contribution in [-0.2, 0) is 20.0 Å². The third-order valence-corrected chi connectivity index (χ3v) is 3.68. The summed E-state index contributed by atoms with van der Waals surface area (Å²) in [4.78, 5) is 12.4. The summed E-state index contributed by atoms with van der Waals surface area (Å²) in [6, 6.07) is 4.95. The van der Waals surface area contributed by atoms with Crippen LogP contribution in [0.1, 0.15) is 21.7 Å². The topological polar surface area (TPSA) is 68.2 Å². The summed E-state index contributed by atoms with van der Waals surface area (Å²) in [6.45, 7) is 1.39. The summed E-state index contributed by atoms with van der Waals surface area (Å²) in [5, 5.41) is 10.1. The van der Waals surface area contributed by atoms with Gasteiger partial charge in [-0.15, -0.1) is 13.2 Å². The van der Waals surface area contributed by atoms with E-state index >= 15 is 0 Å². The van der Waals surface area contributed by atoms with Crippen molar-refractivity contribution in [3.63, 3.8) is 0 Å². The van der Waals surface area contributed by atoms with Gasteiger partial charge in [0.15, 0.2) is 5.69 Å². The lowest BCUT2D eigenvalue weighted by molar-refractivity contribution is -0.274. The monoisotopic (exact) mass is 340 g/mol. The second kappa shape index (κ2) is 6.16. The molecule has 24 heavy (non-hydrogen) atoms. The number of amides is 1. The van der Waals surface area contributed by atoms with Gasteiger partial charge in [0.25, 0.3) is 5.91 Å². The number of benzene rings is 1. The van der Waals surface area contributed by atoms with E-state index < -0.39 is 12.3 Å². The van der Waals surface area contributed by atoms with Crippen LogP contribution in [0.5, 0.6) is 5.75 Å². The third kappa shape index (κ3) is 3.51. The first-order valence-electron chi connectivity index (χ1n) is 7.26. The van der Waals surface area contributed by atoms with Crippen molar-refractivity contribution in [3.8, 4) is 5.75 Å². The predicted molar refractivity (Wildman–Crippen MR) is 79.7 cm³/mol. The van der Waals surface area contributed by atoms with Crippen molar-refractivity contribution in [2.24, 2.45) is 7.05 Å². The van der Waals surface area contributed by atoms with Crippen molar-refractivity contribution in [3.05, 3.63) is 41.2 Å². The number of nitrogens with zero attached hydrogens (tertiary/aromatic N) is 2. The first kappa shape index (κ1) is 16.3. The molecule has 3 rings (SSSR count). The number of aryl methyl sites for hydroxylation is 1. The largest absolute Gasteiger partial charge is 0.573 e. The van der Waals surface area contributed by atoms with Crippen LogP contribution in [0.25, 0.3) is 0 Å². The average molecular weight is 340 g/mol. The highest BCUT2D eigenvalue weighted by molar-refractivity contribution is 6.04. The van der Waals surface area contributed by atoms with E-state index in [9.17, 15) is 18.0 Å². The maximum absolute atomic E-state index is 12.4. The molecule has 0 saturated heterocycles. The minimum absolute atomic E-state index is 0.315. The summed E-state index contributed by atoms with van der Waals surface area (Å²) in [6.07, 6.45) is -3.96. The van der Waals surface area contributed by atoms with Crippen LogP contribution < -0.4 is 15.4 Å². The summed E-state index contributed by atoms with van der Waals surface area (Å²) in [5.74, 6) is -0.750. The Kier molecular flexibility index (Phi) is 4.18. The smallest absolute Gasteiger partial charge is 0.406 e. The molecule has 0 unspecified atom stereocenters. The van der Waals surface area contributed by atoms with E-state index in [0.717, 1.165) is 36.4 Å². The number of carbonyl (C=O) groups is 1. The maximum atomic E-state index is 12.4. The summed E-state index contributed by atoms with van der Waals surface area (Å²) in [5.41, 5.74) is 2.53. The zero-order chi connectivity index (χ0) is 17.3. The molecule has 2 heterocycles. The fourth-order valence-corrected chi connectivity index (χ4v) is 2.63. The molecule has 0 spiro atoms. The van der Waals surface area contributed by atoms with Crippen LogP contribution in [0.15, 0.2) is 24.3 Å². The second-order valence-electron chi connectivity index (χ2n) is 5.35. The molecule has 2 N–H and O–H groups in total. The van der Waals surface area contributed by atoms with E-state index in [1.54, 1.807) is 11.7 Å². The van der Waals surface area contributed by atoms with Crippen molar-refractivity contribution in [1.29, 1.82) is 0 Å². The van der Waals surface area contributed by atoms with E-state index in [2.05, 4.69) is 20.5 Å². The molecule has 0 aliphatic carbocycles. The Bertz CT molecular complexity index is 753. The van der Waals surface area contributed by atoms with Crippen molar-refractivity contribution < 1.29 is 22.7 Å². The second-order valence-corrected chi connectivity index (χ2v) is 5.35. The number of halogens is 3. The molecule has 1 amide bonds.